The molecular weight excluding hydrogens is 158 g/mol. The number of aliphatic hydroxyl groups is 1. The molecule has 3 N–H and O–H groups in total. The van der Waals surface area contributed by atoms with Crippen LogP contribution in [0.3, 0.4) is 0 Å². The third-order valence-electron chi connectivity index (χ3n) is 1.83. The van der Waals surface area contributed by atoms with E-state index in [0.717, 1.165) is 12.2 Å². The predicted molar refractivity (Wildman–Crippen MR) is 51.8 cm³/mol. The summed E-state index contributed by atoms with van der Waals surface area (Å²) < 4.78 is 0. The van der Waals surface area contributed by atoms with Gasteiger partial charge in [0.1, 0.15) is 0 Å². The van der Waals surface area contributed by atoms with E-state index < -0.39 is 0 Å². The molecule has 0 aromatic carbocycles. The summed E-state index contributed by atoms with van der Waals surface area (Å²) in [6.07, 6.45) is 2.51. The largest absolute Gasteiger partial charge is 0.391 e. The first-order valence-electron chi connectivity index (χ1n) is 4.02. The lowest BCUT2D eigenvalue weighted by Crippen LogP contribution is -2.39. The van der Waals surface area contributed by atoms with Gasteiger partial charge in [-0.15, -0.1) is 0 Å². The zero-order valence-corrected chi connectivity index (χ0v) is 8.40. The highest BCUT2D eigenvalue weighted by molar-refractivity contribution is 7.98. The van der Waals surface area contributed by atoms with Gasteiger partial charge in [0.25, 0.3) is 0 Å². The lowest BCUT2D eigenvalue weighted by Gasteiger charge is -2.21. The van der Waals surface area contributed by atoms with Gasteiger partial charge < -0.3 is 10.8 Å². The minimum Gasteiger partial charge on any atom is -0.391 e. The molecule has 0 radical (unpaired) electrons. The minimum absolute atomic E-state index is 0.0675. The highest BCUT2D eigenvalue weighted by Crippen LogP contribution is 2.09. The van der Waals surface area contributed by atoms with E-state index in [2.05, 4.69) is 0 Å². The van der Waals surface area contributed by atoms with E-state index in [-0.39, 0.29) is 12.1 Å². The molecule has 0 saturated carbocycles. The Morgan fingerprint density at radius 1 is 1.45 bits per heavy atom. The van der Waals surface area contributed by atoms with Crippen LogP contribution in [-0.4, -0.2) is 29.3 Å². The lowest BCUT2D eigenvalue weighted by atomic mass is 9.98. The van der Waals surface area contributed by atoms with Crippen LogP contribution in [0.1, 0.15) is 20.3 Å². The van der Waals surface area contributed by atoms with Crippen molar-refractivity contribution in [3.05, 3.63) is 0 Å². The number of hydrogen-bond donors (Lipinski definition) is 2. The first-order valence-corrected chi connectivity index (χ1v) is 5.41. The van der Waals surface area contributed by atoms with Crippen molar-refractivity contribution in [2.75, 3.05) is 12.0 Å². The standard InChI is InChI=1S/C8H19NOS/c1-6(2)8(9)7(10)4-5-11-3/h6-8,10H,4-5,9H2,1-3H3. The Bertz CT molecular complexity index is 98.1. The molecule has 0 aromatic heterocycles. The molecule has 0 bridgehead atoms. The molecule has 2 atom stereocenters. The van der Waals surface area contributed by atoms with Crippen LogP contribution in [0.2, 0.25) is 0 Å². The van der Waals surface area contributed by atoms with Crippen LogP contribution >= 0.6 is 11.8 Å². The average molecular weight is 177 g/mol. The van der Waals surface area contributed by atoms with Crippen LogP contribution in [-0.2, 0) is 0 Å². The van der Waals surface area contributed by atoms with E-state index in [1.165, 1.54) is 0 Å². The molecule has 0 aliphatic heterocycles. The second kappa shape index (κ2) is 5.86. The van der Waals surface area contributed by atoms with Crippen molar-refractivity contribution in [1.82, 2.24) is 0 Å². The van der Waals surface area contributed by atoms with Gasteiger partial charge in [-0.25, -0.2) is 0 Å². The molecule has 3 heteroatoms. The van der Waals surface area contributed by atoms with Crippen LogP contribution in [0.4, 0.5) is 0 Å². The number of rotatable bonds is 5. The Kier molecular flexibility index (Phi) is 6.01. The summed E-state index contributed by atoms with van der Waals surface area (Å²) >= 11 is 1.74. The summed E-state index contributed by atoms with van der Waals surface area (Å²) in [5.41, 5.74) is 5.74. The maximum absolute atomic E-state index is 9.48. The molecule has 0 amide bonds. The fourth-order valence-corrected chi connectivity index (χ4v) is 1.35. The Hall–Kier alpha value is 0.270. The molecule has 0 aliphatic rings. The van der Waals surface area contributed by atoms with E-state index in [0.29, 0.717) is 5.92 Å². The van der Waals surface area contributed by atoms with E-state index in [9.17, 15) is 5.11 Å². The first kappa shape index (κ1) is 11.3. The normalized spacial score (nSPS) is 16.9. The van der Waals surface area contributed by atoms with Gasteiger partial charge in [-0.2, -0.15) is 11.8 Å². The number of thioether (sulfide) groups is 1. The summed E-state index contributed by atoms with van der Waals surface area (Å²) in [6, 6.07) is -0.0675. The predicted octanol–water partition coefficient (Wildman–Crippen LogP) is 1.08. The molecular formula is C8H19NOS. The zero-order chi connectivity index (χ0) is 8.85. The van der Waals surface area contributed by atoms with E-state index in [4.69, 9.17) is 5.73 Å². The van der Waals surface area contributed by atoms with Crippen molar-refractivity contribution < 1.29 is 5.11 Å². The van der Waals surface area contributed by atoms with Crippen molar-refractivity contribution in [1.29, 1.82) is 0 Å². The van der Waals surface area contributed by atoms with Crippen molar-refractivity contribution in [2.24, 2.45) is 11.7 Å². The van der Waals surface area contributed by atoms with Gasteiger partial charge in [0.15, 0.2) is 0 Å². The van der Waals surface area contributed by atoms with E-state index >= 15 is 0 Å². The molecule has 2 nitrogen and oxygen atoms in total. The summed E-state index contributed by atoms with van der Waals surface area (Å²) in [5, 5.41) is 9.48. The molecule has 0 aromatic rings. The highest BCUT2D eigenvalue weighted by atomic mass is 32.2. The monoisotopic (exact) mass is 177 g/mol. The molecule has 0 heterocycles. The lowest BCUT2D eigenvalue weighted by molar-refractivity contribution is 0.122. The summed E-state index contributed by atoms with van der Waals surface area (Å²) in [6.45, 7) is 4.07. The second-order valence-corrected chi connectivity index (χ2v) is 4.16. The quantitative estimate of drug-likeness (QED) is 0.660. The Balaban J connectivity index is 3.55. The molecule has 0 fully saturated rings. The zero-order valence-electron chi connectivity index (χ0n) is 7.58. The molecule has 0 aliphatic carbocycles. The summed E-state index contributed by atoms with van der Waals surface area (Å²) in [7, 11) is 0. The molecule has 0 saturated heterocycles. The molecule has 2 unspecified atom stereocenters. The van der Waals surface area contributed by atoms with Crippen LogP contribution < -0.4 is 5.73 Å². The highest BCUT2D eigenvalue weighted by Gasteiger charge is 2.16. The van der Waals surface area contributed by atoms with Gasteiger partial charge in [-0.3, -0.25) is 0 Å². The Labute approximate surface area is 73.6 Å². The maximum Gasteiger partial charge on any atom is 0.0701 e. The third-order valence-corrected chi connectivity index (χ3v) is 2.48. The van der Waals surface area contributed by atoms with Crippen LogP contribution in [0.5, 0.6) is 0 Å². The van der Waals surface area contributed by atoms with Crippen LogP contribution in [0.25, 0.3) is 0 Å². The topological polar surface area (TPSA) is 46.2 Å². The van der Waals surface area contributed by atoms with Crippen molar-refractivity contribution in [3.8, 4) is 0 Å². The molecule has 11 heavy (non-hydrogen) atoms. The van der Waals surface area contributed by atoms with Crippen LogP contribution in [0.15, 0.2) is 0 Å². The molecule has 0 spiro atoms. The van der Waals surface area contributed by atoms with Crippen molar-refractivity contribution >= 4 is 11.8 Å². The molecule has 0 rings (SSSR count). The minimum atomic E-state index is -0.331. The van der Waals surface area contributed by atoms with E-state index in [1.54, 1.807) is 11.8 Å². The van der Waals surface area contributed by atoms with Crippen molar-refractivity contribution in [3.63, 3.8) is 0 Å². The van der Waals surface area contributed by atoms with Gasteiger partial charge in [0, 0.05) is 6.04 Å². The van der Waals surface area contributed by atoms with Gasteiger partial charge in [-0.1, -0.05) is 13.8 Å². The Morgan fingerprint density at radius 3 is 2.36 bits per heavy atom. The molecule has 68 valence electrons. The van der Waals surface area contributed by atoms with Gasteiger partial charge in [-0.05, 0) is 24.3 Å². The van der Waals surface area contributed by atoms with Crippen LogP contribution in [0, 0.1) is 5.92 Å². The number of hydrogen-bond acceptors (Lipinski definition) is 3. The number of aliphatic hydroxyl groups excluding tert-OH is 1. The van der Waals surface area contributed by atoms with Gasteiger partial charge in [0.2, 0.25) is 0 Å². The smallest absolute Gasteiger partial charge is 0.0701 e. The maximum atomic E-state index is 9.48. The first-order chi connectivity index (χ1) is 5.09. The second-order valence-electron chi connectivity index (χ2n) is 3.17. The summed E-state index contributed by atoms with van der Waals surface area (Å²) in [4.78, 5) is 0. The Morgan fingerprint density at radius 2 is 2.00 bits per heavy atom. The summed E-state index contributed by atoms with van der Waals surface area (Å²) in [5.74, 6) is 1.36. The SMILES string of the molecule is CSCCC(O)C(N)C(C)C. The van der Waals surface area contributed by atoms with E-state index in [1.807, 2.05) is 20.1 Å². The fraction of sp³-hybridized carbons (Fsp3) is 1.00. The van der Waals surface area contributed by atoms with Gasteiger partial charge in [0.05, 0.1) is 6.10 Å². The fourth-order valence-electron chi connectivity index (χ4n) is 0.875. The average Bonchev–Trinajstić information content (AvgIpc) is 1.98. The third kappa shape index (κ3) is 4.67. The van der Waals surface area contributed by atoms with Crippen molar-refractivity contribution in [2.45, 2.75) is 32.4 Å². The van der Waals surface area contributed by atoms with Gasteiger partial charge >= 0.3 is 0 Å². The number of nitrogens with two attached hydrogens (primary N) is 1.